The summed E-state index contributed by atoms with van der Waals surface area (Å²) in [5.74, 6) is 0.0971. The second kappa shape index (κ2) is 8.36. The molecule has 28 heavy (non-hydrogen) atoms. The molecule has 0 spiro atoms. The fraction of sp³-hybridized carbons (Fsp3) is 0.458. The molecule has 0 saturated heterocycles. The van der Waals surface area contributed by atoms with Crippen molar-refractivity contribution in [1.29, 1.82) is 0 Å². The third-order valence-electron chi connectivity index (χ3n) is 5.53. The number of benzene rings is 2. The Kier molecular flexibility index (Phi) is 6.09. The van der Waals surface area contributed by atoms with Crippen LogP contribution in [-0.2, 0) is 17.8 Å². The number of nitrogens with one attached hydrogen (secondary N) is 1. The van der Waals surface area contributed by atoms with E-state index >= 15 is 0 Å². The van der Waals surface area contributed by atoms with E-state index in [9.17, 15) is 4.79 Å². The predicted molar refractivity (Wildman–Crippen MR) is 117 cm³/mol. The van der Waals surface area contributed by atoms with Crippen molar-refractivity contribution in [3.05, 3.63) is 65.2 Å². The Morgan fingerprint density at radius 3 is 2.32 bits per heavy atom. The molecule has 150 valence electrons. The Hall–Kier alpha value is -2.33. The zero-order valence-corrected chi connectivity index (χ0v) is 17.8. The van der Waals surface area contributed by atoms with Crippen molar-refractivity contribution >= 4 is 11.6 Å². The normalized spacial score (nSPS) is 15.6. The van der Waals surface area contributed by atoms with E-state index < -0.39 is 0 Å². The van der Waals surface area contributed by atoms with Crippen LogP contribution in [0.5, 0.6) is 0 Å². The second-order valence-electron chi connectivity index (χ2n) is 8.95. The number of amides is 1. The molecule has 0 aliphatic carbocycles. The minimum absolute atomic E-state index is 0.0971. The van der Waals surface area contributed by atoms with Gasteiger partial charge in [-0.25, -0.2) is 0 Å². The van der Waals surface area contributed by atoms with Gasteiger partial charge in [0, 0.05) is 44.8 Å². The number of carbonyl (C=O) groups excluding carboxylic acids is 1. The lowest BCUT2D eigenvalue weighted by atomic mass is 9.94. The van der Waals surface area contributed by atoms with Crippen molar-refractivity contribution < 1.29 is 4.79 Å². The average Bonchev–Trinajstić information content (AvgIpc) is 2.67. The van der Waals surface area contributed by atoms with E-state index in [0.717, 1.165) is 19.5 Å². The van der Waals surface area contributed by atoms with Crippen molar-refractivity contribution in [2.24, 2.45) is 5.41 Å². The highest BCUT2D eigenvalue weighted by Gasteiger charge is 2.27. The molecular weight excluding hydrogens is 346 g/mol. The van der Waals surface area contributed by atoms with Crippen LogP contribution in [0.1, 0.15) is 43.5 Å². The molecule has 1 amide bonds. The van der Waals surface area contributed by atoms with Gasteiger partial charge in [0.25, 0.3) is 0 Å². The first-order chi connectivity index (χ1) is 13.3. The molecule has 1 aliphatic heterocycles. The smallest absolute Gasteiger partial charge is 0.225 e. The molecule has 2 aromatic carbocycles. The third kappa shape index (κ3) is 4.74. The van der Waals surface area contributed by atoms with Crippen LogP contribution in [0.15, 0.2) is 48.5 Å². The van der Waals surface area contributed by atoms with Gasteiger partial charge in [-0.05, 0) is 35.2 Å². The van der Waals surface area contributed by atoms with Crippen molar-refractivity contribution in [2.45, 2.75) is 39.8 Å². The van der Waals surface area contributed by atoms with Gasteiger partial charge in [-0.3, -0.25) is 9.69 Å². The monoisotopic (exact) mass is 379 g/mol. The summed E-state index contributed by atoms with van der Waals surface area (Å²) in [5.41, 5.74) is 4.89. The molecule has 1 aliphatic rings. The number of rotatable bonds is 5. The van der Waals surface area contributed by atoms with Gasteiger partial charge in [0.2, 0.25) is 5.91 Å². The molecule has 1 heterocycles. The fourth-order valence-electron chi connectivity index (χ4n) is 3.69. The van der Waals surface area contributed by atoms with E-state index in [0.29, 0.717) is 6.54 Å². The van der Waals surface area contributed by atoms with Gasteiger partial charge >= 0.3 is 0 Å². The number of hydrogen-bond acceptors (Lipinski definition) is 3. The van der Waals surface area contributed by atoms with Crippen LogP contribution >= 0.6 is 0 Å². The lowest BCUT2D eigenvalue weighted by molar-refractivity contribution is -0.128. The molecule has 3 rings (SSSR count). The van der Waals surface area contributed by atoms with E-state index in [1.165, 1.54) is 22.4 Å². The standard InChI is InChI=1S/C24H33N3O/c1-24(2,3)23(28)25-16-22(19-10-12-21(13-11-19)26(4)5)27-15-14-18-8-6-7-9-20(18)17-27/h6-13,22H,14-17H2,1-5H3,(H,25,28). The number of nitrogens with zero attached hydrogens (tertiary/aromatic N) is 2. The summed E-state index contributed by atoms with van der Waals surface area (Å²) in [4.78, 5) is 17.1. The lowest BCUT2D eigenvalue weighted by Gasteiger charge is -2.36. The molecule has 0 bridgehead atoms. The van der Waals surface area contributed by atoms with Gasteiger partial charge in [0.05, 0.1) is 6.04 Å². The number of fused-ring (bicyclic) bond motifs is 1. The Morgan fingerprint density at radius 1 is 1.07 bits per heavy atom. The molecule has 0 fully saturated rings. The van der Waals surface area contributed by atoms with Crippen LogP contribution in [0.3, 0.4) is 0 Å². The predicted octanol–water partition coefficient (Wildman–Crippen LogP) is 4.01. The molecule has 0 radical (unpaired) electrons. The van der Waals surface area contributed by atoms with Gasteiger partial charge in [-0.2, -0.15) is 0 Å². The summed E-state index contributed by atoms with van der Waals surface area (Å²) < 4.78 is 0. The van der Waals surface area contributed by atoms with Crippen molar-refractivity contribution in [3.63, 3.8) is 0 Å². The van der Waals surface area contributed by atoms with Gasteiger partial charge in [-0.15, -0.1) is 0 Å². The highest BCUT2D eigenvalue weighted by atomic mass is 16.2. The van der Waals surface area contributed by atoms with E-state index in [1.54, 1.807) is 0 Å². The molecule has 0 aromatic heterocycles. The van der Waals surface area contributed by atoms with Crippen LogP contribution < -0.4 is 10.2 Å². The Balaban J connectivity index is 1.83. The molecule has 4 nitrogen and oxygen atoms in total. The van der Waals surface area contributed by atoms with Crippen LogP contribution in [0.4, 0.5) is 5.69 Å². The van der Waals surface area contributed by atoms with Gasteiger partial charge in [-0.1, -0.05) is 57.2 Å². The average molecular weight is 380 g/mol. The van der Waals surface area contributed by atoms with E-state index in [-0.39, 0.29) is 17.4 Å². The molecule has 0 saturated carbocycles. The number of anilines is 1. The van der Waals surface area contributed by atoms with Crippen LogP contribution in [0, 0.1) is 5.41 Å². The summed E-state index contributed by atoms with van der Waals surface area (Å²) in [6, 6.07) is 17.6. The minimum atomic E-state index is -0.381. The second-order valence-corrected chi connectivity index (χ2v) is 8.95. The summed E-state index contributed by atoms with van der Waals surface area (Å²) >= 11 is 0. The maximum Gasteiger partial charge on any atom is 0.225 e. The highest BCUT2D eigenvalue weighted by Crippen LogP contribution is 2.29. The highest BCUT2D eigenvalue weighted by molar-refractivity contribution is 5.81. The summed E-state index contributed by atoms with van der Waals surface area (Å²) in [5, 5.41) is 3.19. The lowest BCUT2D eigenvalue weighted by Crippen LogP contribution is -2.43. The zero-order valence-electron chi connectivity index (χ0n) is 17.8. The molecule has 2 aromatic rings. The minimum Gasteiger partial charge on any atom is -0.378 e. The van der Waals surface area contributed by atoms with E-state index in [1.807, 2.05) is 20.8 Å². The van der Waals surface area contributed by atoms with Crippen LogP contribution in [0.2, 0.25) is 0 Å². The largest absolute Gasteiger partial charge is 0.378 e. The molecule has 1 N–H and O–H groups in total. The Bertz CT molecular complexity index is 805. The van der Waals surface area contributed by atoms with E-state index in [2.05, 4.69) is 77.7 Å². The van der Waals surface area contributed by atoms with Crippen molar-refractivity contribution in [2.75, 3.05) is 32.1 Å². The summed E-state index contributed by atoms with van der Waals surface area (Å²) in [6.07, 6.45) is 1.05. The first-order valence-electron chi connectivity index (χ1n) is 10.1. The maximum atomic E-state index is 12.5. The quantitative estimate of drug-likeness (QED) is 0.852. The van der Waals surface area contributed by atoms with Crippen molar-refractivity contribution in [1.82, 2.24) is 10.2 Å². The van der Waals surface area contributed by atoms with Crippen molar-refractivity contribution in [3.8, 4) is 0 Å². The summed E-state index contributed by atoms with van der Waals surface area (Å²) in [6.45, 7) is 8.42. The molecular formula is C24H33N3O. The fourth-order valence-corrected chi connectivity index (χ4v) is 3.69. The molecule has 1 unspecified atom stereocenters. The number of carbonyl (C=O) groups is 1. The molecule has 4 heteroatoms. The Labute approximate surface area is 169 Å². The first kappa shape index (κ1) is 20.4. The van der Waals surface area contributed by atoms with Crippen LogP contribution in [-0.4, -0.2) is 38.0 Å². The van der Waals surface area contributed by atoms with Gasteiger partial charge in [0.1, 0.15) is 0 Å². The maximum absolute atomic E-state index is 12.5. The first-order valence-corrected chi connectivity index (χ1v) is 10.1. The number of hydrogen-bond donors (Lipinski definition) is 1. The zero-order chi connectivity index (χ0) is 20.3. The van der Waals surface area contributed by atoms with Crippen LogP contribution in [0.25, 0.3) is 0 Å². The van der Waals surface area contributed by atoms with E-state index in [4.69, 9.17) is 0 Å². The Morgan fingerprint density at radius 2 is 1.71 bits per heavy atom. The third-order valence-corrected chi connectivity index (χ3v) is 5.53. The SMILES string of the molecule is CN(C)c1ccc(C(CNC(=O)C(C)(C)C)N2CCc3ccccc3C2)cc1. The summed E-state index contributed by atoms with van der Waals surface area (Å²) in [7, 11) is 4.11. The van der Waals surface area contributed by atoms with Gasteiger partial charge in [0.15, 0.2) is 0 Å². The topological polar surface area (TPSA) is 35.6 Å². The van der Waals surface area contributed by atoms with Gasteiger partial charge < -0.3 is 10.2 Å². The molecule has 1 atom stereocenters.